The minimum Gasteiger partial charge on any atom is -1.00 e. The molecule has 0 atom stereocenters. The zero-order valence-electron chi connectivity index (χ0n) is 12.9. The molecule has 0 saturated carbocycles. The van der Waals surface area contributed by atoms with Gasteiger partial charge in [0.05, 0.1) is 19.8 Å². The summed E-state index contributed by atoms with van der Waals surface area (Å²) in [6.07, 6.45) is 1.71. The number of nitrogens with zero attached hydrogens (tertiary/aromatic N) is 6. The Labute approximate surface area is 131 Å². The van der Waals surface area contributed by atoms with E-state index in [1.54, 1.807) is 11.0 Å². The van der Waals surface area contributed by atoms with Gasteiger partial charge < -0.3 is 17.3 Å². The standard InChI is InChI=1S/C14H21N6.ClH/c1-5-20(6-2)13-9-7-12(8-10-13)16-17-14-18(3)11-15-19(14)4;/h7-11H,5-6H2,1-4H3;1H/q+1;/p-1. The second kappa shape index (κ2) is 7.73. The number of hydrogen-bond acceptors (Lipinski definition) is 4. The van der Waals surface area contributed by atoms with Crippen LogP contribution in [0, 0.1) is 0 Å². The topological polar surface area (TPSA) is 49.7 Å². The zero-order valence-corrected chi connectivity index (χ0v) is 13.6. The van der Waals surface area contributed by atoms with E-state index in [-0.39, 0.29) is 12.4 Å². The largest absolute Gasteiger partial charge is 1.00 e. The van der Waals surface area contributed by atoms with Crippen LogP contribution in [0.4, 0.5) is 17.3 Å². The van der Waals surface area contributed by atoms with Gasteiger partial charge in [0.1, 0.15) is 0 Å². The summed E-state index contributed by atoms with van der Waals surface area (Å²) in [6, 6.07) is 8.11. The second-order valence-corrected chi connectivity index (χ2v) is 4.55. The fourth-order valence-corrected chi connectivity index (χ4v) is 2.04. The lowest BCUT2D eigenvalue weighted by Gasteiger charge is -2.20. The zero-order chi connectivity index (χ0) is 14.5. The lowest BCUT2D eigenvalue weighted by molar-refractivity contribution is -0.659. The molecule has 0 N–H and O–H groups in total. The maximum absolute atomic E-state index is 4.25. The molecule has 7 heteroatoms. The molecule has 2 rings (SSSR count). The van der Waals surface area contributed by atoms with Crippen LogP contribution in [-0.2, 0) is 14.1 Å². The monoisotopic (exact) mass is 308 g/mol. The van der Waals surface area contributed by atoms with Gasteiger partial charge in [-0.25, -0.2) is 4.57 Å². The minimum absolute atomic E-state index is 0. The van der Waals surface area contributed by atoms with Gasteiger partial charge in [-0.2, -0.15) is 0 Å². The maximum Gasteiger partial charge on any atom is 0.403 e. The highest BCUT2D eigenvalue weighted by Gasteiger charge is 2.11. The molecule has 6 nitrogen and oxygen atoms in total. The fourth-order valence-electron chi connectivity index (χ4n) is 2.04. The normalized spacial score (nSPS) is 10.7. The molecule has 0 amide bonds. The first-order chi connectivity index (χ1) is 9.65. The van der Waals surface area contributed by atoms with Crippen molar-refractivity contribution in [3.8, 4) is 0 Å². The van der Waals surface area contributed by atoms with E-state index in [0.29, 0.717) is 5.95 Å². The van der Waals surface area contributed by atoms with Crippen molar-refractivity contribution in [1.82, 2.24) is 9.78 Å². The number of halogens is 1. The summed E-state index contributed by atoms with van der Waals surface area (Å²) in [7, 11) is 3.74. The Kier molecular flexibility index (Phi) is 6.30. The summed E-state index contributed by atoms with van der Waals surface area (Å²) >= 11 is 0. The average molecular weight is 309 g/mol. The van der Waals surface area contributed by atoms with Gasteiger partial charge in [-0.3, -0.25) is 0 Å². The molecular formula is C14H21ClN6. The van der Waals surface area contributed by atoms with Crippen LogP contribution in [0.5, 0.6) is 0 Å². The van der Waals surface area contributed by atoms with E-state index < -0.39 is 0 Å². The van der Waals surface area contributed by atoms with Gasteiger partial charge in [-0.1, -0.05) is 5.11 Å². The van der Waals surface area contributed by atoms with E-state index in [1.165, 1.54) is 5.69 Å². The second-order valence-electron chi connectivity index (χ2n) is 4.55. The molecule has 0 spiro atoms. The van der Waals surface area contributed by atoms with E-state index in [9.17, 15) is 0 Å². The molecule has 0 radical (unpaired) electrons. The van der Waals surface area contributed by atoms with E-state index >= 15 is 0 Å². The highest BCUT2D eigenvalue weighted by Crippen LogP contribution is 2.20. The van der Waals surface area contributed by atoms with Crippen molar-refractivity contribution >= 4 is 17.3 Å². The van der Waals surface area contributed by atoms with Gasteiger partial charge in [-0.05, 0) is 43.2 Å². The first kappa shape index (κ1) is 17.1. The number of azo groups is 1. The highest BCUT2D eigenvalue weighted by atomic mass is 35.5. The van der Waals surface area contributed by atoms with E-state index in [1.807, 2.05) is 30.8 Å². The number of benzene rings is 1. The predicted octanol–water partition coefficient (Wildman–Crippen LogP) is -0.490. The Balaban J connectivity index is 0.00000220. The molecule has 0 bridgehead atoms. The molecule has 1 aromatic carbocycles. The van der Waals surface area contributed by atoms with Crippen molar-refractivity contribution in [2.45, 2.75) is 13.8 Å². The third-order valence-corrected chi connectivity index (χ3v) is 3.24. The van der Waals surface area contributed by atoms with Crippen LogP contribution in [0.15, 0.2) is 40.8 Å². The van der Waals surface area contributed by atoms with E-state index in [0.717, 1.165) is 18.8 Å². The Morgan fingerprint density at radius 1 is 1.14 bits per heavy atom. The number of anilines is 1. The molecule has 1 heterocycles. The Morgan fingerprint density at radius 3 is 2.24 bits per heavy atom. The van der Waals surface area contributed by atoms with E-state index in [4.69, 9.17) is 0 Å². The van der Waals surface area contributed by atoms with Gasteiger partial charge in [0.15, 0.2) is 0 Å². The molecule has 0 unspecified atom stereocenters. The van der Waals surface area contributed by atoms with Crippen LogP contribution in [0.2, 0.25) is 0 Å². The van der Waals surface area contributed by atoms with Crippen LogP contribution in [0.1, 0.15) is 13.8 Å². The molecule has 0 aliphatic heterocycles. The number of hydrogen-bond donors (Lipinski definition) is 0. The summed E-state index contributed by atoms with van der Waals surface area (Å²) in [5.74, 6) is 0.706. The van der Waals surface area contributed by atoms with Crippen molar-refractivity contribution in [2.75, 3.05) is 18.0 Å². The smallest absolute Gasteiger partial charge is 0.403 e. The van der Waals surface area contributed by atoms with Crippen LogP contribution in [-0.4, -0.2) is 22.9 Å². The summed E-state index contributed by atoms with van der Waals surface area (Å²) in [5, 5.41) is 12.6. The van der Waals surface area contributed by atoms with Gasteiger partial charge in [0, 0.05) is 23.9 Å². The molecule has 114 valence electrons. The van der Waals surface area contributed by atoms with Crippen LogP contribution < -0.4 is 21.9 Å². The summed E-state index contributed by atoms with van der Waals surface area (Å²) in [4.78, 5) is 2.29. The Morgan fingerprint density at radius 2 is 1.76 bits per heavy atom. The quantitative estimate of drug-likeness (QED) is 0.553. The first-order valence-corrected chi connectivity index (χ1v) is 6.80. The minimum atomic E-state index is 0. The summed E-state index contributed by atoms with van der Waals surface area (Å²) in [6.45, 7) is 6.31. The molecule has 1 aromatic heterocycles. The summed E-state index contributed by atoms with van der Waals surface area (Å²) in [5.41, 5.74) is 2.04. The van der Waals surface area contributed by atoms with Gasteiger partial charge in [0.2, 0.25) is 6.33 Å². The Bertz CT molecular complexity index is 567. The van der Waals surface area contributed by atoms with E-state index in [2.05, 4.69) is 46.2 Å². The third-order valence-electron chi connectivity index (χ3n) is 3.24. The summed E-state index contributed by atoms with van der Waals surface area (Å²) < 4.78 is 3.52. The number of rotatable bonds is 5. The fraction of sp³-hybridized carbons (Fsp3) is 0.429. The maximum atomic E-state index is 4.25. The molecule has 21 heavy (non-hydrogen) atoms. The first-order valence-electron chi connectivity index (χ1n) is 6.80. The SMILES string of the molecule is CCN(CC)c1ccc(N=Nc2n(C)nc[n+]2C)cc1.[Cl-]. The molecule has 0 fully saturated rings. The molecule has 0 saturated heterocycles. The molecule has 0 aliphatic carbocycles. The van der Waals surface area contributed by atoms with Crippen molar-refractivity contribution < 1.29 is 17.0 Å². The Hall–Kier alpha value is -1.95. The highest BCUT2D eigenvalue weighted by molar-refractivity contribution is 5.52. The molecular weight excluding hydrogens is 288 g/mol. The van der Waals surface area contributed by atoms with Crippen LogP contribution in [0.3, 0.4) is 0 Å². The lowest BCUT2D eigenvalue weighted by atomic mass is 10.2. The number of aryl methyl sites for hydroxylation is 2. The van der Waals surface area contributed by atoms with Crippen LogP contribution in [0.25, 0.3) is 0 Å². The number of aromatic nitrogens is 3. The van der Waals surface area contributed by atoms with Gasteiger partial charge in [-0.15, -0.1) is 4.68 Å². The van der Waals surface area contributed by atoms with Crippen LogP contribution >= 0.6 is 0 Å². The van der Waals surface area contributed by atoms with Gasteiger partial charge in [0.25, 0.3) is 0 Å². The van der Waals surface area contributed by atoms with Crippen molar-refractivity contribution in [1.29, 1.82) is 0 Å². The third kappa shape index (κ3) is 4.01. The van der Waals surface area contributed by atoms with Crippen molar-refractivity contribution in [2.24, 2.45) is 24.3 Å². The van der Waals surface area contributed by atoms with Crippen molar-refractivity contribution in [3.05, 3.63) is 30.6 Å². The van der Waals surface area contributed by atoms with Gasteiger partial charge >= 0.3 is 5.95 Å². The lowest BCUT2D eigenvalue weighted by Crippen LogP contribution is -3.00. The van der Waals surface area contributed by atoms with Crippen molar-refractivity contribution in [3.63, 3.8) is 0 Å². The average Bonchev–Trinajstić information content (AvgIpc) is 2.78. The molecule has 2 aromatic rings. The predicted molar refractivity (Wildman–Crippen MR) is 78.6 cm³/mol. The molecule has 0 aliphatic rings.